The second-order valence-electron chi connectivity index (χ2n) is 4.25. The minimum Gasteiger partial charge on any atom is -0.393 e. The highest BCUT2D eigenvalue weighted by atomic mass is 32.2. The van der Waals surface area contributed by atoms with E-state index in [2.05, 4.69) is 29.2 Å². The highest BCUT2D eigenvalue weighted by Gasteiger charge is 2.22. The molecular weight excluding hydrogens is 248 g/mol. The molecular formula is C13H18N2S2. The van der Waals surface area contributed by atoms with Gasteiger partial charge in [0.1, 0.15) is 0 Å². The molecule has 1 aliphatic heterocycles. The van der Waals surface area contributed by atoms with Gasteiger partial charge in [0.25, 0.3) is 0 Å². The van der Waals surface area contributed by atoms with Crippen molar-refractivity contribution in [3.8, 4) is 0 Å². The van der Waals surface area contributed by atoms with E-state index in [-0.39, 0.29) is 0 Å². The van der Waals surface area contributed by atoms with Gasteiger partial charge in [0.2, 0.25) is 0 Å². The van der Waals surface area contributed by atoms with Crippen LogP contribution in [-0.2, 0) is 0 Å². The maximum absolute atomic E-state index is 5.74. The van der Waals surface area contributed by atoms with Crippen molar-refractivity contribution in [1.82, 2.24) is 4.90 Å². The van der Waals surface area contributed by atoms with Crippen LogP contribution >= 0.6 is 24.0 Å². The predicted molar refractivity (Wildman–Crippen MR) is 79.5 cm³/mol. The fraction of sp³-hybridized carbons (Fsp3) is 0.462. The molecule has 1 aromatic rings. The van der Waals surface area contributed by atoms with Gasteiger partial charge in [-0.25, -0.2) is 0 Å². The third-order valence-electron chi connectivity index (χ3n) is 3.07. The number of thioether (sulfide) groups is 1. The molecule has 0 aliphatic carbocycles. The standard InChI is InChI=1S/C13H18N2S2/c14-13(16)10-12(11-4-2-1-3-5-11)15-6-8-17-9-7-15/h1-5,12H,6-10H2,(H2,14,16). The quantitative estimate of drug-likeness (QED) is 0.848. The Balaban J connectivity index is 2.15. The van der Waals surface area contributed by atoms with Crippen molar-refractivity contribution in [1.29, 1.82) is 0 Å². The number of nitrogens with two attached hydrogens (primary N) is 1. The zero-order valence-electron chi connectivity index (χ0n) is 9.84. The van der Waals surface area contributed by atoms with Crippen LogP contribution in [0, 0.1) is 0 Å². The highest BCUT2D eigenvalue weighted by Crippen LogP contribution is 2.26. The van der Waals surface area contributed by atoms with Gasteiger partial charge in [-0.2, -0.15) is 11.8 Å². The van der Waals surface area contributed by atoms with Gasteiger partial charge < -0.3 is 5.73 Å². The SMILES string of the molecule is NC(=S)CC(c1ccccc1)N1CCSCC1. The Kier molecular flexibility index (Phi) is 4.83. The number of thiocarbonyl (C=S) groups is 1. The molecule has 4 heteroatoms. The number of rotatable bonds is 4. The van der Waals surface area contributed by atoms with Crippen LogP contribution in [0.2, 0.25) is 0 Å². The van der Waals surface area contributed by atoms with E-state index in [1.165, 1.54) is 17.1 Å². The van der Waals surface area contributed by atoms with E-state index in [9.17, 15) is 0 Å². The minimum atomic E-state index is 0.356. The lowest BCUT2D eigenvalue weighted by atomic mass is 10.0. The van der Waals surface area contributed by atoms with E-state index in [4.69, 9.17) is 18.0 Å². The van der Waals surface area contributed by atoms with Crippen molar-refractivity contribution in [2.24, 2.45) is 5.73 Å². The van der Waals surface area contributed by atoms with Gasteiger partial charge in [0.15, 0.2) is 0 Å². The van der Waals surface area contributed by atoms with Crippen LogP contribution in [0.5, 0.6) is 0 Å². The molecule has 1 atom stereocenters. The Bertz CT molecular complexity index is 361. The van der Waals surface area contributed by atoms with E-state index >= 15 is 0 Å². The molecule has 0 radical (unpaired) electrons. The average molecular weight is 266 g/mol. The molecule has 1 heterocycles. The summed E-state index contributed by atoms with van der Waals surface area (Å²) in [6.45, 7) is 2.26. The van der Waals surface area contributed by atoms with Crippen molar-refractivity contribution in [3.63, 3.8) is 0 Å². The van der Waals surface area contributed by atoms with Crippen molar-refractivity contribution >= 4 is 29.0 Å². The molecule has 0 saturated carbocycles. The second-order valence-corrected chi connectivity index (χ2v) is 5.99. The number of benzene rings is 1. The molecule has 1 fully saturated rings. The molecule has 1 aromatic carbocycles. The number of hydrogen-bond donors (Lipinski definition) is 1. The van der Waals surface area contributed by atoms with Gasteiger partial charge in [-0.3, -0.25) is 4.90 Å². The molecule has 1 saturated heterocycles. The normalized spacial score (nSPS) is 18.8. The summed E-state index contributed by atoms with van der Waals surface area (Å²) in [5.74, 6) is 2.42. The molecule has 0 aromatic heterocycles. The predicted octanol–water partition coefficient (Wildman–Crippen LogP) is 2.45. The summed E-state index contributed by atoms with van der Waals surface area (Å²) < 4.78 is 0. The van der Waals surface area contributed by atoms with Crippen LogP contribution in [0.4, 0.5) is 0 Å². The van der Waals surface area contributed by atoms with E-state index in [0.717, 1.165) is 19.5 Å². The van der Waals surface area contributed by atoms with E-state index in [0.29, 0.717) is 11.0 Å². The largest absolute Gasteiger partial charge is 0.393 e. The first-order valence-electron chi connectivity index (χ1n) is 5.92. The van der Waals surface area contributed by atoms with Crippen LogP contribution in [0.3, 0.4) is 0 Å². The summed E-state index contributed by atoms with van der Waals surface area (Å²) in [7, 11) is 0. The fourth-order valence-corrected chi connectivity index (χ4v) is 3.30. The van der Waals surface area contributed by atoms with Crippen LogP contribution in [0.1, 0.15) is 18.0 Å². The van der Waals surface area contributed by atoms with Gasteiger partial charge in [-0.05, 0) is 5.56 Å². The van der Waals surface area contributed by atoms with Crippen LogP contribution in [0.15, 0.2) is 30.3 Å². The fourth-order valence-electron chi connectivity index (χ4n) is 2.21. The smallest absolute Gasteiger partial charge is 0.0746 e. The van der Waals surface area contributed by atoms with Gasteiger partial charge in [0.05, 0.1) is 4.99 Å². The lowest BCUT2D eigenvalue weighted by Gasteiger charge is -2.34. The molecule has 17 heavy (non-hydrogen) atoms. The zero-order valence-corrected chi connectivity index (χ0v) is 11.5. The van der Waals surface area contributed by atoms with Gasteiger partial charge in [-0.1, -0.05) is 42.5 Å². The van der Waals surface area contributed by atoms with E-state index < -0.39 is 0 Å². The molecule has 0 bridgehead atoms. The van der Waals surface area contributed by atoms with Crippen LogP contribution in [-0.4, -0.2) is 34.5 Å². The third-order valence-corrected chi connectivity index (χ3v) is 4.17. The highest BCUT2D eigenvalue weighted by molar-refractivity contribution is 7.99. The van der Waals surface area contributed by atoms with E-state index in [1.54, 1.807) is 0 Å². The second kappa shape index (κ2) is 6.38. The maximum atomic E-state index is 5.74. The van der Waals surface area contributed by atoms with Gasteiger partial charge in [-0.15, -0.1) is 0 Å². The summed E-state index contributed by atoms with van der Waals surface area (Å²) in [5.41, 5.74) is 7.06. The van der Waals surface area contributed by atoms with Crippen molar-refractivity contribution in [2.45, 2.75) is 12.5 Å². The summed E-state index contributed by atoms with van der Waals surface area (Å²) in [6.07, 6.45) is 0.782. The summed E-state index contributed by atoms with van der Waals surface area (Å²) in [6, 6.07) is 10.9. The minimum absolute atomic E-state index is 0.356. The number of nitrogens with zero attached hydrogens (tertiary/aromatic N) is 1. The van der Waals surface area contributed by atoms with Crippen LogP contribution < -0.4 is 5.73 Å². The first-order chi connectivity index (χ1) is 8.27. The van der Waals surface area contributed by atoms with Gasteiger partial charge >= 0.3 is 0 Å². The molecule has 1 aliphatic rings. The summed E-state index contributed by atoms with van der Waals surface area (Å²) in [5, 5.41) is 0. The monoisotopic (exact) mass is 266 g/mol. The van der Waals surface area contributed by atoms with E-state index in [1.807, 2.05) is 17.8 Å². The summed E-state index contributed by atoms with van der Waals surface area (Å²) in [4.78, 5) is 3.11. The topological polar surface area (TPSA) is 29.3 Å². The van der Waals surface area contributed by atoms with Gasteiger partial charge in [0, 0.05) is 37.1 Å². The van der Waals surface area contributed by atoms with Crippen molar-refractivity contribution in [3.05, 3.63) is 35.9 Å². The summed E-state index contributed by atoms with van der Waals surface area (Å²) >= 11 is 7.11. The molecule has 92 valence electrons. The average Bonchev–Trinajstić information content (AvgIpc) is 2.38. The molecule has 2 rings (SSSR count). The molecule has 2 N–H and O–H groups in total. The Morgan fingerprint density at radius 1 is 1.29 bits per heavy atom. The first-order valence-corrected chi connectivity index (χ1v) is 7.48. The zero-order chi connectivity index (χ0) is 12.1. The molecule has 1 unspecified atom stereocenters. The Labute approximate surface area is 113 Å². The third kappa shape index (κ3) is 3.69. The Morgan fingerprint density at radius 2 is 1.94 bits per heavy atom. The first kappa shape index (κ1) is 12.9. The lowest BCUT2D eigenvalue weighted by Crippen LogP contribution is -2.37. The van der Waals surface area contributed by atoms with Crippen molar-refractivity contribution < 1.29 is 0 Å². The Morgan fingerprint density at radius 3 is 2.53 bits per heavy atom. The number of hydrogen-bond acceptors (Lipinski definition) is 3. The maximum Gasteiger partial charge on any atom is 0.0746 e. The lowest BCUT2D eigenvalue weighted by molar-refractivity contribution is 0.223. The molecule has 2 nitrogen and oxygen atoms in total. The molecule has 0 amide bonds. The molecule has 0 spiro atoms. The Hall–Kier alpha value is -0.580. The van der Waals surface area contributed by atoms with Crippen molar-refractivity contribution in [2.75, 3.05) is 24.6 Å². The van der Waals surface area contributed by atoms with Crippen LogP contribution in [0.25, 0.3) is 0 Å².